The van der Waals surface area contributed by atoms with E-state index in [1.54, 1.807) is 18.3 Å². The van der Waals surface area contributed by atoms with Gasteiger partial charge in [-0.1, -0.05) is 62.7 Å². The highest BCUT2D eigenvalue weighted by Crippen LogP contribution is 2.57. The number of para-hydroxylation sites is 2. The Bertz CT molecular complexity index is 1600. The number of aromatic nitrogens is 3. The number of nitrogens with zero attached hydrogens (tertiary/aromatic N) is 5. The molecule has 3 aromatic rings. The van der Waals surface area contributed by atoms with Crippen molar-refractivity contribution >= 4 is 23.4 Å². The van der Waals surface area contributed by atoms with Crippen LogP contribution in [0.5, 0.6) is 0 Å². The first-order valence-corrected chi connectivity index (χ1v) is 15.4. The minimum atomic E-state index is -0.656. The molecule has 2 fully saturated rings. The van der Waals surface area contributed by atoms with Crippen molar-refractivity contribution in [1.82, 2.24) is 15.0 Å². The monoisotopic (exact) mass is 601 g/mol. The van der Waals surface area contributed by atoms with Crippen LogP contribution in [-0.4, -0.2) is 44.6 Å². The number of hydrogen-bond donors (Lipinski definition) is 0. The lowest BCUT2D eigenvalue weighted by Gasteiger charge is -2.54. The summed E-state index contributed by atoms with van der Waals surface area (Å²) in [4.78, 5) is 38.4. The van der Waals surface area contributed by atoms with Crippen LogP contribution >= 0.6 is 0 Å². The van der Waals surface area contributed by atoms with E-state index in [9.17, 15) is 19.7 Å². The molecular weight excluding hydrogens is 562 g/mol. The number of esters is 1. The van der Waals surface area contributed by atoms with E-state index in [0.29, 0.717) is 11.6 Å². The Morgan fingerprint density at radius 1 is 1.20 bits per heavy atom. The van der Waals surface area contributed by atoms with Crippen molar-refractivity contribution in [3.63, 3.8) is 0 Å². The second kappa shape index (κ2) is 11.3. The number of fused-ring (bicyclic) bond motifs is 3. The van der Waals surface area contributed by atoms with Crippen LogP contribution in [0.2, 0.25) is 0 Å². The van der Waals surface area contributed by atoms with Gasteiger partial charge >= 0.3 is 12.1 Å². The summed E-state index contributed by atoms with van der Waals surface area (Å²) in [6.45, 7) is 9.18. The van der Waals surface area contributed by atoms with Crippen LogP contribution in [0.25, 0.3) is 0 Å². The standard InChI is InChI=1S/C33H39N5O6/c1-21(2)22-10-12-26-23(16-22)11-13-29-32(26,3)14-7-15-33(29,4)30(39)43-20-24-17-36(35-34-24)18-25-19-37(31(40)44-25)27-8-5-6-9-28(27)38(41)42/h5-6,8-10,12,16-17,21,25,29H,7,11,13-15,18-20H2,1-4H3/t25?,29-,32-,33-/m1/s1. The first-order valence-electron chi connectivity index (χ1n) is 15.4. The quantitative estimate of drug-likeness (QED) is 0.172. The van der Waals surface area contributed by atoms with Gasteiger partial charge in [-0.05, 0) is 72.6 Å². The summed E-state index contributed by atoms with van der Waals surface area (Å²) in [5.41, 5.74) is 4.00. The van der Waals surface area contributed by atoms with Crippen molar-refractivity contribution in [2.75, 3.05) is 11.4 Å². The minimum absolute atomic E-state index is 0.00101. The number of amides is 1. The number of hydrogen-bond acceptors (Lipinski definition) is 8. The Balaban J connectivity index is 1.09. The average Bonchev–Trinajstić information content (AvgIpc) is 3.60. The summed E-state index contributed by atoms with van der Waals surface area (Å²) in [6, 6.07) is 13.0. The Hall–Kier alpha value is -4.28. The molecular formula is C33H39N5O6. The molecule has 2 heterocycles. The smallest absolute Gasteiger partial charge is 0.415 e. The van der Waals surface area contributed by atoms with E-state index in [1.807, 2.05) is 0 Å². The third-order valence-electron chi connectivity index (χ3n) is 10.1. The highest BCUT2D eigenvalue weighted by atomic mass is 16.6. The molecule has 6 rings (SSSR count). The number of carbonyl (C=O) groups excluding carboxylic acids is 2. The van der Waals surface area contributed by atoms with Crippen LogP contribution in [0.4, 0.5) is 16.2 Å². The second-order valence-electron chi connectivity index (χ2n) is 13.2. The second-order valence-corrected chi connectivity index (χ2v) is 13.2. The van der Waals surface area contributed by atoms with Gasteiger partial charge in [-0.3, -0.25) is 19.8 Å². The van der Waals surface area contributed by atoms with Gasteiger partial charge in [0, 0.05) is 6.07 Å². The Kier molecular flexibility index (Phi) is 7.67. The zero-order chi connectivity index (χ0) is 31.2. The zero-order valence-corrected chi connectivity index (χ0v) is 25.7. The number of benzene rings is 2. The van der Waals surface area contributed by atoms with Gasteiger partial charge in [-0.25, -0.2) is 9.48 Å². The fourth-order valence-electron chi connectivity index (χ4n) is 7.78. The Morgan fingerprint density at radius 3 is 2.77 bits per heavy atom. The molecule has 232 valence electrons. The van der Waals surface area contributed by atoms with Gasteiger partial charge in [-0.15, -0.1) is 5.10 Å². The molecule has 2 aliphatic carbocycles. The number of aryl methyl sites for hydroxylation is 1. The number of rotatable bonds is 8. The van der Waals surface area contributed by atoms with Crippen molar-refractivity contribution in [2.45, 2.75) is 90.4 Å². The van der Waals surface area contributed by atoms with E-state index in [0.717, 1.165) is 32.1 Å². The summed E-state index contributed by atoms with van der Waals surface area (Å²) in [7, 11) is 0. The van der Waals surface area contributed by atoms with Crippen molar-refractivity contribution in [2.24, 2.45) is 11.3 Å². The number of carbonyl (C=O) groups is 2. The maximum atomic E-state index is 13.7. The highest BCUT2D eigenvalue weighted by molar-refractivity contribution is 5.92. The predicted molar refractivity (Wildman–Crippen MR) is 162 cm³/mol. The molecule has 2 aromatic carbocycles. The first-order chi connectivity index (χ1) is 21.0. The molecule has 0 spiro atoms. The van der Waals surface area contributed by atoms with Crippen molar-refractivity contribution in [1.29, 1.82) is 0 Å². The molecule has 0 N–H and O–H groups in total. The lowest BCUT2D eigenvalue weighted by atomic mass is 9.49. The lowest BCUT2D eigenvalue weighted by Crippen LogP contribution is -2.52. The third kappa shape index (κ3) is 5.22. The number of nitro groups is 1. The third-order valence-corrected chi connectivity index (χ3v) is 10.1. The fourth-order valence-corrected chi connectivity index (χ4v) is 7.78. The summed E-state index contributed by atoms with van der Waals surface area (Å²) in [5.74, 6) is 0.469. The molecule has 3 aliphatic rings. The zero-order valence-electron chi connectivity index (χ0n) is 25.7. The molecule has 1 amide bonds. The SMILES string of the molecule is CC(C)c1ccc2c(c1)CC[C@H]1[C@](C)(C(=O)OCc3cn(CC4CN(c5ccccc5[N+](=O)[O-])C(=O)O4)nn3)CCC[C@]21C. The lowest BCUT2D eigenvalue weighted by molar-refractivity contribution is -0.384. The normalized spacial score (nSPS) is 26.2. The van der Waals surface area contributed by atoms with Gasteiger partial charge in [0.05, 0.1) is 29.6 Å². The molecule has 1 aromatic heterocycles. The average molecular weight is 602 g/mol. The molecule has 1 saturated carbocycles. The fraction of sp³-hybridized carbons (Fsp3) is 0.515. The number of nitro benzene ring substituents is 1. The Labute approximate surface area is 256 Å². The van der Waals surface area contributed by atoms with E-state index < -0.39 is 22.5 Å². The molecule has 44 heavy (non-hydrogen) atoms. The van der Waals surface area contributed by atoms with Gasteiger partial charge in [0.1, 0.15) is 24.1 Å². The summed E-state index contributed by atoms with van der Waals surface area (Å²) in [6.07, 6.45) is 5.17. The molecule has 4 atom stereocenters. The molecule has 11 heteroatoms. The summed E-state index contributed by atoms with van der Waals surface area (Å²) < 4.78 is 12.9. The largest absolute Gasteiger partial charge is 0.459 e. The van der Waals surface area contributed by atoms with Gasteiger partial charge in [-0.2, -0.15) is 0 Å². The highest BCUT2D eigenvalue weighted by Gasteiger charge is 2.55. The van der Waals surface area contributed by atoms with Crippen LogP contribution in [0, 0.1) is 21.4 Å². The van der Waals surface area contributed by atoms with Crippen LogP contribution in [0.1, 0.15) is 81.7 Å². The molecule has 0 bridgehead atoms. The summed E-state index contributed by atoms with van der Waals surface area (Å²) >= 11 is 0. The van der Waals surface area contributed by atoms with Crippen LogP contribution in [-0.2, 0) is 39.3 Å². The van der Waals surface area contributed by atoms with Gasteiger partial charge < -0.3 is 9.47 Å². The molecule has 1 unspecified atom stereocenters. The Morgan fingerprint density at radius 2 is 2.00 bits per heavy atom. The van der Waals surface area contributed by atoms with E-state index in [2.05, 4.69) is 56.2 Å². The van der Waals surface area contributed by atoms with E-state index >= 15 is 0 Å². The van der Waals surface area contributed by atoms with Crippen molar-refractivity contribution in [3.8, 4) is 0 Å². The number of anilines is 1. The molecule has 1 saturated heterocycles. The van der Waals surface area contributed by atoms with Crippen LogP contribution in [0.15, 0.2) is 48.7 Å². The predicted octanol–water partition coefficient (Wildman–Crippen LogP) is 6.09. The van der Waals surface area contributed by atoms with Gasteiger partial charge in [0.15, 0.2) is 0 Å². The van der Waals surface area contributed by atoms with E-state index in [-0.39, 0.29) is 48.4 Å². The van der Waals surface area contributed by atoms with Crippen LogP contribution < -0.4 is 4.90 Å². The van der Waals surface area contributed by atoms with Crippen LogP contribution in [0.3, 0.4) is 0 Å². The maximum Gasteiger partial charge on any atom is 0.415 e. The molecule has 11 nitrogen and oxygen atoms in total. The van der Waals surface area contributed by atoms with E-state index in [4.69, 9.17) is 9.47 Å². The van der Waals surface area contributed by atoms with Crippen molar-refractivity contribution < 1.29 is 24.0 Å². The maximum absolute atomic E-state index is 13.7. The number of ether oxygens (including phenoxy) is 2. The summed E-state index contributed by atoms with van der Waals surface area (Å²) in [5, 5.41) is 19.7. The molecule has 0 radical (unpaired) electrons. The molecule has 1 aliphatic heterocycles. The van der Waals surface area contributed by atoms with Crippen molar-refractivity contribution in [3.05, 3.63) is 81.2 Å². The number of cyclic esters (lactones) is 1. The minimum Gasteiger partial charge on any atom is -0.459 e. The van der Waals surface area contributed by atoms with Gasteiger partial charge in [0.2, 0.25) is 0 Å². The van der Waals surface area contributed by atoms with Gasteiger partial charge in [0.25, 0.3) is 5.69 Å². The topological polar surface area (TPSA) is 130 Å². The first kappa shape index (κ1) is 29.8. The van der Waals surface area contributed by atoms with E-state index in [1.165, 1.54) is 38.4 Å².